The van der Waals surface area contributed by atoms with Crippen LogP contribution in [0.2, 0.25) is 0 Å². The minimum Gasteiger partial charge on any atom is -0.435 e. The predicted octanol–water partition coefficient (Wildman–Crippen LogP) is 3.80. The molecule has 1 aromatic carbocycles. The Balaban J connectivity index is 2.36. The first-order chi connectivity index (χ1) is 11.0. The van der Waals surface area contributed by atoms with Crippen molar-refractivity contribution in [3.05, 3.63) is 47.4 Å². The number of hydrogen-bond acceptors (Lipinski definition) is 4. The van der Waals surface area contributed by atoms with Crippen molar-refractivity contribution in [2.45, 2.75) is 13.8 Å². The van der Waals surface area contributed by atoms with Gasteiger partial charge in [-0.2, -0.15) is 5.26 Å². The van der Waals surface area contributed by atoms with E-state index in [0.29, 0.717) is 11.4 Å². The van der Waals surface area contributed by atoms with E-state index in [0.717, 1.165) is 6.54 Å². The molecule has 0 N–H and O–H groups in total. The van der Waals surface area contributed by atoms with Crippen molar-refractivity contribution in [2.24, 2.45) is 4.99 Å². The highest BCUT2D eigenvalue weighted by Gasteiger charge is 2.13. The molecule has 0 aliphatic heterocycles. The zero-order valence-corrected chi connectivity index (χ0v) is 13.2. The Labute approximate surface area is 134 Å². The Morgan fingerprint density at radius 1 is 1.43 bits per heavy atom. The Kier molecular flexibility index (Phi) is 5.26. The molecule has 23 heavy (non-hydrogen) atoms. The smallest absolute Gasteiger partial charge is 0.237 e. The summed E-state index contributed by atoms with van der Waals surface area (Å²) in [4.78, 5) is 10.4. The van der Waals surface area contributed by atoms with Crippen molar-refractivity contribution < 1.29 is 9.13 Å². The van der Waals surface area contributed by atoms with Gasteiger partial charge in [-0.05, 0) is 32.0 Å². The molecule has 5 nitrogen and oxygen atoms in total. The lowest BCUT2D eigenvalue weighted by Crippen LogP contribution is -2.14. The van der Waals surface area contributed by atoms with E-state index in [1.54, 1.807) is 31.5 Å². The average Bonchev–Trinajstić information content (AvgIpc) is 2.55. The topological polar surface area (TPSA) is 61.5 Å². The van der Waals surface area contributed by atoms with Crippen molar-refractivity contribution in [1.29, 1.82) is 5.26 Å². The third-order valence-electron chi connectivity index (χ3n) is 3.21. The van der Waals surface area contributed by atoms with Crippen LogP contribution in [-0.2, 0) is 0 Å². The second-order valence-corrected chi connectivity index (χ2v) is 4.91. The molecule has 0 aliphatic carbocycles. The number of para-hydroxylation sites is 1. The molecule has 1 heterocycles. The maximum absolute atomic E-state index is 13.7. The molecule has 6 heteroatoms. The van der Waals surface area contributed by atoms with Crippen LogP contribution in [0.3, 0.4) is 0 Å². The highest BCUT2D eigenvalue weighted by atomic mass is 19.1. The summed E-state index contributed by atoms with van der Waals surface area (Å²) in [6.45, 7) is 4.58. The minimum atomic E-state index is -0.512. The molecular weight excluding hydrogens is 295 g/mol. The number of benzene rings is 1. The molecule has 0 bridgehead atoms. The Hall–Kier alpha value is -2.94. The zero-order chi connectivity index (χ0) is 16.8. The lowest BCUT2D eigenvalue weighted by atomic mass is 10.2. The fourth-order valence-corrected chi connectivity index (χ4v) is 1.74. The summed E-state index contributed by atoms with van der Waals surface area (Å²) in [5, 5.41) is 9.28. The third kappa shape index (κ3) is 4.04. The van der Waals surface area contributed by atoms with Gasteiger partial charge in [0.2, 0.25) is 5.88 Å². The van der Waals surface area contributed by atoms with Crippen LogP contribution in [0.25, 0.3) is 0 Å². The van der Waals surface area contributed by atoms with Crippen molar-refractivity contribution in [2.75, 3.05) is 13.6 Å². The number of halogens is 1. The van der Waals surface area contributed by atoms with Gasteiger partial charge in [0.05, 0.1) is 17.7 Å². The summed E-state index contributed by atoms with van der Waals surface area (Å²) in [5.74, 6) is -0.418. The van der Waals surface area contributed by atoms with Crippen molar-refractivity contribution in [3.63, 3.8) is 0 Å². The van der Waals surface area contributed by atoms with Gasteiger partial charge < -0.3 is 9.64 Å². The summed E-state index contributed by atoms with van der Waals surface area (Å²) >= 11 is 0. The van der Waals surface area contributed by atoms with E-state index in [1.165, 1.54) is 12.1 Å². The van der Waals surface area contributed by atoms with Gasteiger partial charge in [-0.3, -0.25) is 0 Å². The first-order valence-corrected chi connectivity index (χ1v) is 7.13. The summed E-state index contributed by atoms with van der Waals surface area (Å²) in [6, 6.07) is 9.57. The number of rotatable bonds is 5. The third-order valence-corrected chi connectivity index (χ3v) is 3.21. The van der Waals surface area contributed by atoms with E-state index in [9.17, 15) is 9.65 Å². The molecule has 0 radical (unpaired) electrons. The number of nitrogens with zero attached hydrogens (tertiary/aromatic N) is 4. The fraction of sp³-hybridized carbons (Fsp3) is 0.235. The van der Waals surface area contributed by atoms with E-state index in [4.69, 9.17) is 4.74 Å². The molecule has 0 unspecified atom stereocenters. The predicted molar refractivity (Wildman–Crippen MR) is 86.6 cm³/mol. The lowest BCUT2D eigenvalue weighted by Gasteiger charge is -2.11. The van der Waals surface area contributed by atoms with Gasteiger partial charge in [0.1, 0.15) is 11.6 Å². The number of ether oxygens (including phenoxy) is 1. The molecule has 0 saturated carbocycles. The second kappa shape index (κ2) is 7.36. The van der Waals surface area contributed by atoms with E-state index in [-0.39, 0.29) is 17.2 Å². The summed E-state index contributed by atoms with van der Waals surface area (Å²) < 4.78 is 19.1. The quantitative estimate of drug-likeness (QED) is 0.622. The molecule has 2 rings (SSSR count). The first kappa shape index (κ1) is 16.4. The van der Waals surface area contributed by atoms with Gasteiger partial charge in [0.15, 0.2) is 11.6 Å². The molecule has 118 valence electrons. The van der Waals surface area contributed by atoms with E-state index in [2.05, 4.69) is 9.98 Å². The molecule has 0 spiro atoms. The minimum absolute atomic E-state index is 0.0258. The fourth-order valence-electron chi connectivity index (χ4n) is 1.74. The molecule has 0 aliphatic rings. The number of pyridine rings is 1. The number of aliphatic imine (C=N–C) groups is 1. The van der Waals surface area contributed by atoms with Crippen molar-refractivity contribution in [1.82, 2.24) is 9.88 Å². The molecule has 0 amide bonds. The first-order valence-electron chi connectivity index (χ1n) is 7.13. The van der Waals surface area contributed by atoms with Gasteiger partial charge >= 0.3 is 0 Å². The highest BCUT2D eigenvalue weighted by molar-refractivity contribution is 5.64. The van der Waals surface area contributed by atoms with Gasteiger partial charge in [0, 0.05) is 13.6 Å². The van der Waals surface area contributed by atoms with Crippen LogP contribution in [-0.4, -0.2) is 29.8 Å². The van der Waals surface area contributed by atoms with Crippen molar-refractivity contribution in [3.8, 4) is 17.7 Å². The highest BCUT2D eigenvalue weighted by Crippen LogP contribution is 2.29. The van der Waals surface area contributed by atoms with Gasteiger partial charge in [-0.15, -0.1) is 0 Å². The number of aryl methyl sites for hydroxylation is 1. The summed E-state index contributed by atoms with van der Waals surface area (Å²) in [5.41, 5.74) is 1.36. The van der Waals surface area contributed by atoms with Crippen LogP contribution in [0.1, 0.15) is 18.2 Å². The summed E-state index contributed by atoms with van der Waals surface area (Å²) in [6.07, 6.45) is 1.67. The maximum atomic E-state index is 13.7. The molecule has 1 aromatic heterocycles. The van der Waals surface area contributed by atoms with Gasteiger partial charge in [0.25, 0.3) is 0 Å². The zero-order valence-electron chi connectivity index (χ0n) is 13.2. The molecule has 2 aromatic rings. The van der Waals surface area contributed by atoms with E-state index >= 15 is 0 Å². The van der Waals surface area contributed by atoms with E-state index in [1.807, 2.05) is 24.9 Å². The SMILES string of the molecule is CCN(C)C=Nc1cc(C#N)c(Oc2ccccc2F)nc1C. The van der Waals surface area contributed by atoms with Crippen LogP contribution in [0, 0.1) is 24.1 Å². The van der Waals surface area contributed by atoms with Crippen LogP contribution >= 0.6 is 0 Å². The second-order valence-electron chi connectivity index (χ2n) is 4.91. The van der Waals surface area contributed by atoms with Gasteiger partial charge in [-0.25, -0.2) is 14.4 Å². The summed E-state index contributed by atoms with van der Waals surface area (Å²) in [7, 11) is 1.90. The van der Waals surface area contributed by atoms with E-state index < -0.39 is 5.82 Å². The van der Waals surface area contributed by atoms with Crippen LogP contribution < -0.4 is 4.74 Å². The van der Waals surface area contributed by atoms with Crippen LogP contribution in [0.15, 0.2) is 35.3 Å². The van der Waals surface area contributed by atoms with Crippen molar-refractivity contribution >= 4 is 12.0 Å². The Morgan fingerprint density at radius 2 is 2.17 bits per heavy atom. The molecule has 0 atom stereocenters. The molecule has 0 fully saturated rings. The number of aromatic nitrogens is 1. The molecular formula is C17H17FN4O. The lowest BCUT2D eigenvalue weighted by molar-refractivity contribution is 0.425. The monoisotopic (exact) mass is 312 g/mol. The average molecular weight is 312 g/mol. The largest absolute Gasteiger partial charge is 0.435 e. The maximum Gasteiger partial charge on any atom is 0.237 e. The van der Waals surface area contributed by atoms with Crippen LogP contribution in [0.5, 0.6) is 11.6 Å². The standard InChI is InChI=1S/C17H17FN4O/c1-4-22(3)11-20-15-9-13(10-19)17(21-12(15)2)23-16-8-6-5-7-14(16)18/h5-9,11H,4H2,1-3H3. The Bertz CT molecular complexity index is 768. The normalized spacial score (nSPS) is 10.6. The Morgan fingerprint density at radius 3 is 2.83 bits per heavy atom. The number of hydrogen-bond donors (Lipinski definition) is 0. The van der Waals surface area contributed by atoms with Gasteiger partial charge in [-0.1, -0.05) is 12.1 Å². The number of nitriles is 1. The molecule has 0 saturated heterocycles. The van der Waals surface area contributed by atoms with Crippen LogP contribution in [0.4, 0.5) is 10.1 Å².